The Hall–Kier alpha value is -3.76. The highest BCUT2D eigenvalue weighted by atomic mass is 35.5. The van der Waals surface area contributed by atoms with Gasteiger partial charge in [-0.25, -0.2) is 18.0 Å². The lowest BCUT2D eigenvalue weighted by molar-refractivity contribution is -0.211. The number of ether oxygens (including phenoxy) is 1. The number of aromatic nitrogens is 2. The summed E-state index contributed by atoms with van der Waals surface area (Å²) in [6.45, 7) is 0.0915. The van der Waals surface area contributed by atoms with E-state index >= 15 is 0 Å². The Kier molecular flexibility index (Phi) is 14.8. The van der Waals surface area contributed by atoms with E-state index in [2.05, 4.69) is 20.0 Å². The standard InChI is InChI=1S/C27H35ClF5N5O6S.C2HF3O2/c1-5-38-23(18-9-6-15(10-19(18)43-25(29)30)11-26(2,3)27(31,32)33)21(28)22(36-38)24(40)35-12-16-7-8-17(45(4,41)42)13-37(16)14-20(39)44-34;3-2(4,5)1(6)7/h6,9-10,16-17,25H,5,7-8,11-14,34H2,1-4H3,(H,35,40);(H,6,7)/t16-,17+;/m0./s1. The molecule has 0 radical (unpaired) electrons. The van der Waals surface area contributed by atoms with Crippen molar-refractivity contribution in [1.82, 2.24) is 20.0 Å². The fourth-order valence-corrected chi connectivity index (χ4v) is 6.43. The number of sulfone groups is 1. The SMILES string of the molecule is CCn1nc(C(=O)NC[C@@H]2CC[C@@H](S(C)(=O)=O)CN2CC(=O)ON)c(Cl)c1-c1ccc(CC(C)(C)C(F)(F)F)cc1OC(F)F.O=C(O)C(F)(F)F. The van der Waals surface area contributed by atoms with Gasteiger partial charge in [0, 0.05) is 37.5 Å². The Labute approximate surface area is 297 Å². The lowest BCUT2D eigenvalue weighted by Crippen LogP contribution is -2.53. The number of carboxylic acid groups (broad SMARTS) is 1. The van der Waals surface area contributed by atoms with Crippen molar-refractivity contribution in [1.29, 1.82) is 0 Å². The largest absolute Gasteiger partial charge is 0.490 e. The Morgan fingerprint density at radius 3 is 2.21 bits per heavy atom. The van der Waals surface area contributed by atoms with Crippen LogP contribution in [0.15, 0.2) is 18.2 Å². The monoisotopic (exact) mass is 801 g/mol. The smallest absolute Gasteiger partial charge is 0.475 e. The predicted octanol–water partition coefficient (Wildman–Crippen LogP) is 4.61. The number of alkyl halides is 8. The number of rotatable bonds is 12. The number of nitrogens with zero attached hydrogens (tertiary/aromatic N) is 3. The average Bonchev–Trinajstić information content (AvgIpc) is 3.34. The number of carboxylic acids is 1. The van der Waals surface area contributed by atoms with Gasteiger partial charge in [0.05, 0.1) is 27.9 Å². The van der Waals surface area contributed by atoms with E-state index in [0.717, 1.165) is 26.2 Å². The molecule has 1 aliphatic rings. The van der Waals surface area contributed by atoms with Crippen LogP contribution in [0.3, 0.4) is 0 Å². The molecule has 23 heteroatoms. The van der Waals surface area contributed by atoms with Crippen molar-refractivity contribution in [2.45, 2.75) is 76.8 Å². The van der Waals surface area contributed by atoms with Gasteiger partial charge in [-0.1, -0.05) is 31.5 Å². The van der Waals surface area contributed by atoms with Gasteiger partial charge in [-0.3, -0.25) is 14.4 Å². The Bertz CT molecular complexity index is 1700. The van der Waals surface area contributed by atoms with Gasteiger partial charge in [0.1, 0.15) is 5.75 Å². The molecular formula is C29H36ClF8N5O8S. The number of aryl methyl sites for hydroxylation is 1. The number of nitrogens with one attached hydrogen (secondary N) is 1. The van der Waals surface area contributed by atoms with Crippen LogP contribution in [0.5, 0.6) is 5.75 Å². The quantitative estimate of drug-likeness (QED) is 0.201. The molecule has 1 amide bonds. The second kappa shape index (κ2) is 17.4. The van der Waals surface area contributed by atoms with Gasteiger partial charge in [0.25, 0.3) is 5.91 Å². The van der Waals surface area contributed by atoms with Gasteiger partial charge in [-0.2, -0.15) is 46.1 Å². The molecule has 0 aliphatic carbocycles. The van der Waals surface area contributed by atoms with Crippen LogP contribution in [0, 0.1) is 5.41 Å². The maximum atomic E-state index is 13.5. The predicted molar refractivity (Wildman–Crippen MR) is 168 cm³/mol. The van der Waals surface area contributed by atoms with Crippen molar-refractivity contribution in [2.24, 2.45) is 11.3 Å². The zero-order valence-electron chi connectivity index (χ0n) is 27.9. The van der Waals surface area contributed by atoms with Gasteiger partial charge in [0.2, 0.25) is 0 Å². The number of hydrogen-bond donors (Lipinski definition) is 3. The first-order valence-electron chi connectivity index (χ1n) is 15.0. The summed E-state index contributed by atoms with van der Waals surface area (Å²) in [5.41, 5.74) is -2.33. The van der Waals surface area contributed by atoms with Gasteiger partial charge >= 0.3 is 30.9 Å². The summed E-state index contributed by atoms with van der Waals surface area (Å²) in [6, 6.07) is 3.21. The van der Waals surface area contributed by atoms with Gasteiger partial charge in [-0.15, -0.1) is 0 Å². The third-order valence-corrected chi connectivity index (χ3v) is 9.88. The van der Waals surface area contributed by atoms with E-state index in [1.165, 1.54) is 21.7 Å². The fraction of sp³-hybridized carbons (Fsp3) is 0.586. The second-order valence-electron chi connectivity index (χ2n) is 12.2. The van der Waals surface area contributed by atoms with E-state index in [-0.39, 0.29) is 60.1 Å². The van der Waals surface area contributed by atoms with Crippen molar-refractivity contribution in [2.75, 3.05) is 25.9 Å². The van der Waals surface area contributed by atoms with Crippen LogP contribution in [-0.4, -0.2) is 102 Å². The van der Waals surface area contributed by atoms with E-state index in [1.807, 2.05) is 0 Å². The molecule has 0 saturated carbocycles. The van der Waals surface area contributed by atoms with E-state index < -0.39 is 75.5 Å². The zero-order valence-corrected chi connectivity index (χ0v) is 29.5. The first-order chi connectivity index (χ1) is 23.7. The molecular weight excluding hydrogens is 766 g/mol. The number of carbonyl (C=O) groups excluding carboxylic acids is 2. The maximum absolute atomic E-state index is 13.5. The number of amides is 1. The fourth-order valence-electron chi connectivity index (χ4n) is 5.08. The number of aliphatic carboxylic acids is 1. The van der Waals surface area contributed by atoms with E-state index in [0.29, 0.717) is 6.42 Å². The van der Waals surface area contributed by atoms with Crippen LogP contribution in [0.25, 0.3) is 11.3 Å². The highest BCUT2D eigenvalue weighted by molar-refractivity contribution is 7.91. The molecule has 13 nitrogen and oxygen atoms in total. The van der Waals surface area contributed by atoms with Crippen LogP contribution in [0.1, 0.15) is 49.7 Å². The highest BCUT2D eigenvalue weighted by Crippen LogP contribution is 2.43. The molecule has 2 aromatic rings. The van der Waals surface area contributed by atoms with Gasteiger partial charge in [0.15, 0.2) is 15.5 Å². The molecule has 52 heavy (non-hydrogen) atoms. The van der Waals surface area contributed by atoms with Crippen LogP contribution < -0.4 is 16.0 Å². The molecule has 4 N–H and O–H groups in total. The Morgan fingerprint density at radius 1 is 1.13 bits per heavy atom. The van der Waals surface area contributed by atoms with Crippen LogP contribution in [-0.2, 0) is 37.2 Å². The van der Waals surface area contributed by atoms with Crippen LogP contribution in [0.4, 0.5) is 35.1 Å². The summed E-state index contributed by atoms with van der Waals surface area (Å²) >= 11 is 6.57. The van der Waals surface area contributed by atoms with Crippen LogP contribution >= 0.6 is 11.6 Å². The Morgan fingerprint density at radius 2 is 1.73 bits per heavy atom. The minimum absolute atomic E-state index is 0.00684. The summed E-state index contributed by atoms with van der Waals surface area (Å²) in [7, 11) is -3.42. The third-order valence-electron chi connectivity index (χ3n) is 7.93. The normalized spacial score (nSPS) is 17.3. The molecule has 1 aromatic heterocycles. The lowest BCUT2D eigenvalue weighted by atomic mass is 9.84. The summed E-state index contributed by atoms with van der Waals surface area (Å²) in [5, 5.41) is 13.1. The first kappa shape index (κ1) is 44.4. The molecule has 0 unspecified atom stereocenters. The molecule has 2 atom stereocenters. The van der Waals surface area contributed by atoms with Crippen LogP contribution in [0.2, 0.25) is 5.02 Å². The highest BCUT2D eigenvalue weighted by Gasteiger charge is 2.47. The van der Waals surface area contributed by atoms with E-state index in [9.17, 15) is 53.1 Å². The third kappa shape index (κ3) is 11.9. The molecule has 1 aliphatic heterocycles. The first-order valence-corrected chi connectivity index (χ1v) is 17.4. The average molecular weight is 802 g/mol. The molecule has 294 valence electrons. The van der Waals surface area contributed by atoms with Crippen molar-refractivity contribution in [3.8, 4) is 17.0 Å². The number of carbonyl (C=O) groups is 3. The number of hydrogen-bond acceptors (Lipinski definition) is 10. The zero-order chi connectivity index (χ0) is 40.0. The van der Waals surface area contributed by atoms with Gasteiger partial charge in [-0.05, 0) is 43.9 Å². The number of piperidine rings is 1. The molecule has 0 spiro atoms. The number of likely N-dealkylation sites (tertiary alicyclic amines) is 1. The lowest BCUT2D eigenvalue weighted by Gasteiger charge is -2.38. The van der Waals surface area contributed by atoms with Gasteiger partial charge < -0.3 is 20.0 Å². The molecule has 1 aromatic carbocycles. The number of halogens is 9. The molecule has 1 saturated heterocycles. The minimum Gasteiger partial charge on any atom is -0.475 e. The summed E-state index contributed by atoms with van der Waals surface area (Å²) in [4.78, 5) is 39.8. The topological polar surface area (TPSA) is 183 Å². The van der Waals surface area contributed by atoms with E-state index in [4.69, 9.17) is 27.4 Å². The Balaban J connectivity index is 0.00000121. The number of benzene rings is 1. The van der Waals surface area contributed by atoms with E-state index in [1.54, 1.807) is 6.92 Å². The molecule has 3 rings (SSSR count). The molecule has 0 bridgehead atoms. The minimum atomic E-state index is -5.08. The summed E-state index contributed by atoms with van der Waals surface area (Å²) in [6.07, 6.45) is -8.47. The molecule has 1 fully saturated rings. The second-order valence-corrected chi connectivity index (χ2v) is 14.9. The van der Waals surface area contributed by atoms with Crippen molar-refractivity contribution >= 4 is 39.3 Å². The van der Waals surface area contributed by atoms with Crippen molar-refractivity contribution in [3.05, 3.63) is 34.5 Å². The van der Waals surface area contributed by atoms with Crippen molar-refractivity contribution < 1.29 is 72.6 Å². The molecule has 2 heterocycles. The summed E-state index contributed by atoms with van der Waals surface area (Å²) < 4.78 is 129. The van der Waals surface area contributed by atoms with Crippen molar-refractivity contribution in [3.63, 3.8) is 0 Å². The number of nitrogens with two attached hydrogens (primary N) is 1. The summed E-state index contributed by atoms with van der Waals surface area (Å²) in [5.74, 6) is 0.194. The maximum Gasteiger partial charge on any atom is 0.490 e.